The molecular weight excluding hydrogens is 260 g/mol. The first kappa shape index (κ1) is 12.2. The second-order valence-electron chi connectivity index (χ2n) is 4.59. The maximum atomic E-state index is 12.0. The number of nitrogens with one attached hydrogen (secondary N) is 1. The molecule has 0 fully saturated rings. The first-order valence-electron chi connectivity index (χ1n) is 6.31. The molecule has 2 heterocycles. The van der Waals surface area contributed by atoms with Crippen molar-refractivity contribution in [3.05, 3.63) is 34.4 Å². The van der Waals surface area contributed by atoms with Crippen molar-refractivity contribution in [3.8, 4) is 0 Å². The number of hydrogen-bond acceptors (Lipinski definition) is 5. The lowest BCUT2D eigenvalue weighted by Gasteiger charge is -2.06. The number of nitrogens with zero attached hydrogens (tertiary/aromatic N) is 3. The van der Waals surface area contributed by atoms with Crippen LogP contribution in [-0.2, 0) is 12.8 Å². The molecule has 1 aliphatic rings. The summed E-state index contributed by atoms with van der Waals surface area (Å²) in [7, 11) is 0. The maximum absolute atomic E-state index is 12.0. The van der Waals surface area contributed by atoms with Gasteiger partial charge in [0.15, 0.2) is 5.13 Å². The highest BCUT2D eigenvalue weighted by molar-refractivity contribution is 7.15. The molecule has 0 spiro atoms. The summed E-state index contributed by atoms with van der Waals surface area (Å²) in [6, 6.07) is 0. The third-order valence-corrected chi connectivity index (χ3v) is 4.15. The first-order valence-corrected chi connectivity index (χ1v) is 7.12. The van der Waals surface area contributed by atoms with Crippen LogP contribution in [0.1, 0.15) is 39.6 Å². The van der Waals surface area contributed by atoms with E-state index in [2.05, 4.69) is 20.3 Å². The minimum atomic E-state index is -0.251. The Morgan fingerprint density at radius 3 is 2.84 bits per heavy atom. The van der Waals surface area contributed by atoms with Crippen LogP contribution in [0.5, 0.6) is 0 Å². The van der Waals surface area contributed by atoms with Gasteiger partial charge in [0.05, 0.1) is 17.6 Å². The summed E-state index contributed by atoms with van der Waals surface area (Å²) in [5.74, 6) is -0.251. The highest BCUT2D eigenvalue weighted by atomic mass is 32.1. The lowest BCUT2D eigenvalue weighted by Crippen LogP contribution is -2.14. The van der Waals surface area contributed by atoms with Crippen molar-refractivity contribution in [1.29, 1.82) is 0 Å². The van der Waals surface area contributed by atoms with Gasteiger partial charge in [-0.25, -0.2) is 9.97 Å². The summed E-state index contributed by atoms with van der Waals surface area (Å²) >= 11 is 1.57. The van der Waals surface area contributed by atoms with E-state index in [0.29, 0.717) is 10.8 Å². The molecule has 0 atom stereocenters. The van der Waals surface area contributed by atoms with Crippen molar-refractivity contribution in [1.82, 2.24) is 15.0 Å². The molecule has 6 heteroatoms. The Kier molecular flexibility index (Phi) is 3.25. The van der Waals surface area contributed by atoms with E-state index in [1.54, 1.807) is 17.5 Å². The molecule has 0 aliphatic heterocycles. The van der Waals surface area contributed by atoms with Crippen molar-refractivity contribution >= 4 is 22.4 Å². The van der Waals surface area contributed by atoms with Gasteiger partial charge < -0.3 is 0 Å². The predicted molar refractivity (Wildman–Crippen MR) is 73.5 cm³/mol. The van der Waals surface area contributed by atoms with Crippen LogP contribution in [0, 0.1) is 6.92 Å². The topological polar surface area (TPSA) is 67.8 Å². The Hall–Kier alpha value is -1.82. The van der Waals surface area contributed by atoms with Crippen molar-refractivity contribution in [2.45, 2.75) is 32.6 Å². The molecule has 0 saturated heterocycles. The number of aromatic nitrogens is 3. The monoisotopic (exact) mass is 274 g/mol. The average Bonchev–Trinajstić information content (AvgIpc) is 2.81. The van der Waals surface area contributed by atoms with E-state index >= 15 is 0 Å². The number of carbonyl (C=O) groups is 1. The highest BCUT2D eigenvalue weighted by Crippen LogP contribution is 2.29. The van der Waals surface area contributed by atoms with Crippen LogP contribution in [0.3, 0.4) is 0 Å². The summed E-state index contributed by atoms with van der Waals surface area (Å²) in [5, 5.41) is 3.47. The standard InChI is InChI=1S/C13H14N4OS/c1-8-6-15-10(7-14-8)12(18)17-13-16-9-4-2-3-5-11(9)19-13/h6-7H,2-5H2,1H3,(H,16,17,18). The molecule has 19 heavy (non-hydrogen) atoms. The van der Waals surface area contributed by atoms with Gasteiger partial charge in [0.25, 0.3) is 5.91 Å². The molecular formula is C13H14N4OS. The van der Waals surface area contributed by atoms with E-state index in [1.807, 2.05) is 6.92 Å². The second-order valence-corrected chi connectivity index (χ2v) is 5.68. The number of hydrogen-bond donors (Lipinski definition) is 1. The Labute approximate surface area is 115 Å². The van der Waals surface area contributed by atoms with Crippen molar-refractivity contribution in [2.24, 2.45) is 0 Å². The largest absolute Gasteiger partial charge is 0.296 e. The quantitative estimate of drug-likeness (QED) is 0.913. The van der Waals surface area contributed by atoms with Crippen molar-refractivity contribution in [2.75, 3.05) is 5.32 Å². The number of fused-ring (bicyclic) bond motifs is 1. The van der Waals surface area contributed by atoms with Crippen LogP contribution in [0.25, 0.3) is 0 Å². The molecule has 0 aromatic carbocycles. The number of aryl methyl sites for hydroxylation is 3. The normalized spacial score (nSPS) is 13.9. The van der Waals surface area contributed by atoms with E-state index < -0.39 is 0 Å². The van der Waals surface area contributed by atoms with Crippen LogP contribution in [0.15, 0.2) is 12.4 Å². The lowest BCUT2D eigenvalue weighted by molar-refractivity contribution is 0.102. The number of anilines is 1. The van der Waals surface area contributed by atoms with Gasteiger partial charge in [0, 0.05) is 11.1 Å². The fourth-order valence-electron chi connectivity index (χ4n) is 2.08. The molecule has 1 amide bonds. The number of amides is 1. The van der Waals surface area contributed by atoms with Crippen LogP contribution in [0.4, 0.5) is 5.13 Å². The van der Waals surface area contributed by atoms with E-state index in [0.717, 1.165) is 24.2 Å². The van der Waals surface area contributed by atoms with Crippen molar-refractivity contribution < 1.29 is 4.79 Å². The minimum absolute atomic E-state index is 0.251. The van der Waals surface area contributed by atoms with Crippen LogP contribution in [-0.4, -0.2) is 20.9 Å². The summed E-state index contributed by atoms with van der Waals surface area (Å²) in [6.45, 7) is 1.84. The fraction of sp³-hybridized carbons (Fsp3) is 0.385. The van der Waals surface area contributed by atoms with Gasteiger partial charge in [-0.05, 0) is 32.6 Å². The Morgan fingerprint density at radius 1 is 1.26 bits per heavy atom. The molecule has 2 aromatic heterocycles. The minimum Gasteiger partial charge on any atom is -0.296 e. The molecule has 5 nitrogen and oxygen atoms in total. The molecule has 0 unspecified atom stereocenters. The molecule has 0 bridgehead atoms. The fourth-order valence-corrected chi connectivity index (χ4v) is 3.12. The molecule has 1 aliphatic carbocycles. The van der Waals surface area contributed by atoms with Crippen LogP contribution >= 0.6 is 11.3 Å². The van der Waals surface area contributed by atoms with Gasteiger partial charge in [-0.15, -0.1) is 11.3 Å². The van der Waals surface area contributed by atoms with Gasteiger partial charge >= 0.3 is 0 Å². The number of carbonyl (C=O) groups excluding carboxylic acids is 1. The second kappa shape index (κ2) is 5.05. The van der Waals surface area contributed by atoms with Gasteiger partial charge in [-0.1, -0.05) is 0 Å². The van der Waals surface area contributed by atoms with Crippen LogP contribution < -0.4 is 5.32 Å². The highest BCUT2D eigenvalue weighted by Gasteiger charge is 2.17. The Bertz CT molecular complexity index is 582. The molecule has 2 aromatic rings. The van der Waals surface area contributed by atoms with Gasteiger partial charge in [0.1, 0.15) is 5.69 Å². The average molecular weight is 274 g/mol. The summed E-state index contributed by atoms with van der Waals surface area (Å²) < 4.78 is 0. The summed E-state index contributed by atoms with van der Waals surface area (Å²) in [5.41, 5.74) is 2.25. The van der Waals surface area contributed by atoms with Crippen LogP contribution in [0.2, 0.25) is 0 Å². The zero-order valence-corrected chi connectivity index (χ0v) is 11.5. The van der Waals surface area contributed by atoms with Gasteiger partial charge in [-0.3, -0.25) is 15.1 Å². The van der Waals surface area contributed by atoms with Crippen molar-refractivity contribution in [3.63, 3.8) is 0 Å². The third-order valence-electron chi connectivity index (χ3n) is 3.08. The van der Waals surface area contributed by atoms with E-state index in [-0.39, 0.29) is 5.91 Å². The smallest absolute Gasteiger partial charge is 0.277 e. The summed E-state index contributed by atoms with van der Waals surface area (Å²) in [4.78, 5) is 25.9. The predicted octanol–water partition coefficient (Wildman–Crippen LogP) is 2.37. The first-order chi connectivity index (χ1) is 9.22. The third kappa shape index (κ3) is 2.63. The van der Waals surface area contributed by atoms with E-state index in [4.69, 9.17) is 0 Å². The zero-order chi connectivity index (χ0) is 13.2. The number of thiazole rings is 1. The maximum Gasteiger partial charge on any atom is 0.277 e. The van der Waals surface area contributed by atoms with E-state index in [9.17, 15) is 4.79 Å². The lowest BCUT2D eigenvalue weighted by atomic mass is 10.0. The molecule has 1 N–H and O–H groups in total. The summed E-state index contributed by atoms with van der Waals surface area (Å²) in [6.07, 6.45) is 7.57. The Balaban J connectivity index is 1.75. The molecule has 0 saturated carbocycles. The van der Waals surface area contributed by atoms with Gasteiger partial charge in [0.2, 0.25) is 0 Å². The Morgan fingerprint density at radius 2 is 2.11 bits per heavy atom. The molecule has 3 rings (SSSR count). The van der Waals surface area contributed by atoms with Gasteiger partial charge in [-0.2, -0.15) is 0 Å². The molecule has 98 valence electrons. The number of rotatable bonds is 2. The SMILES string of the molecule is Cc1cnc(C(=O)Nc2nc3c(s2)CCCC3)cn1. The molecule has 0 radical (unpaired) electrons. The zero-order valence-electron chi connectivity index (χ0n) is 10.6. The van der Waals surface area contributed by atoms with E-state index in [1.165, 1.54) is 23.9 Å².